The zero-order valence-electron chi connectivity index (χ0n) is 11.2. The molecule has 3 heteroatoms. The summed E-state index contributed by atoms with van der Waals surface area (Å²) in [6.07, 6.45) is 3.87. The minimum Gasteiger partial charge on any atom is -0.544 e. The zero-order valence-corrected chi connectivity index (χ0v) is 12.2. The fourth-order valence-electron chi connectivity index (χ4n) is 0.747. The summed E-state index contributed by atoms with van der Waals surface area (Å²) < 4.78 is 5.98. The molecule has 88 valence electrons. The lowest BCUT2D eigenvalue weighted by Crippen LogP contribution is -2.40. The summed E-state index contributed by atoms with van der Waals surface area (Å²) in [5.74, 6) is 0.760. The Morgan fingerprint density at radius 1 is 1.27 bits per heavy atom. The molecule has 0 aliphatic heterocycles. The molecule has 0 fully saturated rings. The molecule has 0 saturated carbocycles. The average Bonchev–Trinajstić information content (AvgIpc) is 1.97. The molecular formula is C12H25NOSi. The maximum absolute atomic E-state index is 5.98. The van der Waals surface area contributed by atoms with E-state index in [1.165, 1.54) is 0 Å². The van der Waals surface area contributed by atoms with Gasteiger partial charge in [0, 0.05) is 20.3 Å². The quantitative estimate of drug-likeness (QED) is 0.413. The van der Waals surface area contributed by atoms with Crippen LogP contribution < -0.4 is 0 Å². The van der Waals surface area contributed by atoms with Crippen molar-refractivity contribution in [1.29, 1.82) is 0 Å². The number of allylic oxidation sites excluding steroid dienone is 1. The normalized spacial score (nSPS) is 13.0. The largest absolute Gasteiger partial charge is 0.544 e. The lowest BCUT2D eigenvalue weighted by atomic mass is 10.2. The van der Waals surface area contributed by atoms with E-state index in [0.717, 1.165) is 5.76 Å². The highest BCUT2D eigenvalue weighted by molar-refractivity contribution is 6.74. The summed E-state index contributed by atoms with van der Waals surface area (Å²) in [6, 6.07) is 0. The molecule has 0 heterocycles. The summed E-state index contributed by atoms with van der Waals surface area (Å²) in [6.45, 7) is 15.0. The van der Waals surface area contributed by atoms with Crippen LogP contribution in [0.15, 0.2) is 24.6 Å². The molecule has 0 amide bonds. The first-order valence-electron chi connectivity index (χ1n) is 5.29. The molecule has 0 aliphatic carbocycles. The van der Waals surface area contributed by atoms with E-state index < -0.39 is 8.32 Å². The summed E-state index contributed by atoms with van der Waals surface area (Å²) in [5, 5.41) is 0.224. The Hall–Kier alpha value is -0.703. The first kappa shape index (κ1) is 14.3. The van der Waals surface area contributed by atoms with Crippen LogP contribution in [0.4, 0.5) is 0 Å². The van der Waals surface area contributed by atoms with Gasteiger partial charge < -0.3 is 9.33 Å². The SMILES string of the molecule is C=C(C=CN(C)C)O[Si](C)(C)C(C)(C)C. The van der Waals surface area contributed by atoms with Gasteiger partial charge in [-0.15, -0.1) is 0 Å². The number of hydrogen-bond donors (Lipinski definition) is 0. The monoisotopic (exact) mass is 227 g/mol. The first-order chi connectivity index (χ1) is 6.56. The molecule has 0 aromatic heterocycles. The van der Waals surface area contributed by atoms with E-state index in [1.807, 2.05) is 31.3 Å². The molecule has 0 aromatic rings. The lowest BCUT2D eigenvalue weighted by molar-refractivity contribution is 0.400. The molecule has 0 spiro atoms. The molecule has 0 rings (SSSR count). The number of rotatable bonds is 4. The van der Waals surface area contributed by atoms with Crippen molar-refractivity contribution in [3.63, 3.8) is 0 Å². The van der Waals surface area contributed by atoms with Crippen molar-refractivity contribution in [1.82, 2.24) is 4.90 Å². The molecule has 0 unspecified atom stereocenters. The predicted octanol–water partition coefficient (Wildman–Crippen LogP) is 3.60. The van der Waals surface area contributed by atoms with Crippen molar-refractivity contribution in [3.05, 3.63) is 24.6 Å². The second-order valence-corrected chi connectivity index (χ2v) is 10.3. The van der Waals surface area contributed by atoms with Crippen LogP contribution in [0.2, 0.25) is 18.1 Å². The van der Waals surface area contributed by atoms with Gasteiger partial charge in [-0.2, -0.15) is 0 Å². The van der Waals surface area contributed by atoms with Gasteiger partial charge >= 0.3 is 0 Å². The fourth-order valence-corrected chi connectivity index (χ4v) is 1.78. The van der Waals surface area contributed by atoms with Crippen molar-refractivity contribution in [2.75, 3.05) is 14.1 Å². The van der Waals surface area contributed by atoms with Gasteiger partial charge in [0.15, 0.2) is 0 Å². The topological polar surface area (TPSA) is 12.5 Å². The summed E-state index contributed by atoms with van der Waals surface area (Å²) >= 11 is 0. The smallest absolute Gasteiger partial charge is 0.250 e. The Morgan fingerprint density at radius 2 is 1.73 bits per heavy atom. The molecule has 0 saturated heterocycles. The van der Waals surface area contributed by atoms with Gasteiger partial charge in [-0.3, -0.25) is 0 Å². The van der Waals surface area contributed by atoms with Crippen molar-refractivity contribution in [2.24, 2.45) is 0 Å². The van der Waals surface area contributed by atoms with Crippen molar-refractivity contribution in [3.8, 4) is 0 Å². The van der Waals surface area contributed by atoms with Gasteiger partial charge in [-0.1, -0.05) is 27.4 Å². The summed E-state index contributed by atoms with van der Waals surface area (Å²) in [7, 11) is 2.26. The molecular weight excluding hydrogens is 202 g/mol. The minimum atomic E-state index is -1.71. The highest BCUT2D eigenvalue weighted by Crippen LogP contribution is 2.37. The molecule has 0 radical (unpaired) electrons. The van der Waals surface area contributed by atoms with E-state index in [4.69, 9.17) is 4.43 Å². The van der Waals surface area contributed by atoms with Crippen LogP contribution >= 0.6 is 0 Å². The molecule has 0 atom stereocenters. The Kier molecular flexibility index (Phi) is 4.65. The Balaban J connectivity index is 4.42. The second-order valence-electron chi connectivity index (χ2n) is 5.61. The molecule has 15 heavy (non-hydrogen) atoms. The summed E-state index contributed by atoms with van der Waals surface area (Å²) in [4.78, 5) is 1.97. The van der Waals surface area contributed by atoms with Crippen LogP contribution in [-0.2, 0) is 4.43 Å². The standard InChI is InChI=1S/C12H25NOSi/c1-11(9-10-13(5)6)14-15(7,8)12(2,3)4/h9-10H,1H2,2-8H3. The van der Waals surface area contributed by atoms with Gasteiger partial charge in [-0.25, -0.2) is 0 Å². The molecule has 2 nitrogen and oxygen atoms in total. The zero-order chi connectivity index (χ0) is 12.3. The van der Waals surface area contributed by atoms with Crippen molar-refractivity contribution in [2.45, 2.75) is 38.9 Å². The molecule has 0 aliphatic rings. The van der Waals surface area contributed by atoms with Crippen molar-refractivity contribution < 1.29 is 4.43 Å². The Morgan fingerprint density at radius 3 is 2.07 bits per heavy atom. The third kappa shape index (κ3) is 5.07. The average molecular weight is 227 g/mol. The maximum Gasteiger partial charge on any atom is 0.250 e. The third-order valence-electron chi connectivity index (χ3n) is 2.75. The lowest BCUT2D eigenvalue weighted by Gasteiger charge is -2.36. The van der Waals surface area contributed by atoms with E-state index in [9.17, 15) is 0 Å². The molecule has 0 N–H and O–H groups in total. The minimum absolute atomic E-state index is 0.224. The third-order valence-corrected chi connectivity index (χ3v) is 7.14. The Labute approximate surface area is 95.8 Å². The van der Waals surface area contributed by atoms with Crippen molar-refractivity contribution >= 4 is 8.32 Å². The van der Waals surface area contributed by atoms with E-state index in [-0.39, 0.29) is 5.04 Å². The van der Waals surface area contributed by atoms with E-state index in [1.54, 1.807) is 0 Å². The van der Waals surface area contributed by atoms with Crippen LogP contribution in [0.25, 0.3) is 0 Å². The maximum atomic E-state index is 5.98. The van der Waals surface area contributed by atoms with Gasteiger partial charge in [0.1, 0.15) is 0 Å². The number of nitrogens with zero attached hydrogens (tertiary/aromatic N) is 1. The van der Waals surface area contributed by atoms with Crippen LogP contribution in [0, 0.1) is 0 Å². The van der Waals surface area contributed by atoms with Gasteiger partial charge in [0.2, 0.25) is 8.32 Å². The van der Waals surface area contributed by atoms with Crippen LogP contribution in [0.5, 0.6) is 0 Å². The predicted molar refractivity (Wildman–Crippen MR) is 70.2 cm³/mol. The number of hydrogen-bond acceptors (Lipinski definition) is 2. The van der Waals surface area contributed by atoms with Gasteiger partial charge in [-0.05, 0) is 24.2 Å². The highest BCUT2D eigenvalue weighted by atomic mass is 28.4. The molecule has 0 bridgehead atoms. The fraction of sp³-hybridized carbons (Fsp3) is 0.667. The first-order valence-corrected chi connectivity index (χ1v) is 8.19. The van der Waals surface area contributed by atoms with Crippen LogP contribution in [-0.4, -0.2) is 27.3 Å². The molecule has 0 aromatic carbocycles. The van der Waals surface area contributed by atoms with Gasteiger partial charge in [0.05, 0.1) is 5.76 Å². The van der Waals surface area contributed by atoms with Gasteiger partial charge in [0.25, 0.3) is 0 Å². The Bertz CT molecular complexity index is 249. The van der Waals surface area contributed by atoms with E-state index in [0.29, 0.717) is 0 Å². The van der Waals surface area contributed by atoms with E-state index >= 15 is 0 Å². The second kappa shape index (κ2) is 4.88. The summed E-state index contributed by atoms with van der Waals surface area (Å²) in [5.41, 5.74) is 0. The van der Waals surface area contributed by atoms with Crippen LogP contribution in [0.3, 0.4) is 0 Å². The highest BCUT2D eigenvalue weighted by Gasteiger charge is 2.38. The van der Waals surface area contributed by atoms with E-state index in [2.05, 4.69) is 40.4 Å². The van der Waals surface area contributed by atoms with Crippen LogP contribution in [0.1, 0.15) is 20.8 Å².